The molecule has 0 unspecified atom stereocenters. The standard InChI is InChI=1S/C18H18N4O3S3/c1-3-25-16(24)13-7-8-26-15(13)20-14(23)10-27-18-22-21-17(28-18)19-12-6-4-5-11(2)9-12/h4-9H,3,10H2,1-2H3,(H,19,21)(H,20,23). The number of rotatable bonds is 8. The number of carbonyl (C=O) groups excluding carboxylic acids is 2. The number of thioether (sulfide) groups is 1. The van der Waals surface area contributed by atoms with Crippen molar-refractivity contribution in [1.29, 1.82) is 0 Å². The molecule has 0 aliphatic carbocycles. The third-order valence-electron chi connectivity index (χ3n) is 3.42. The van der Waals surface area contributed by atoms with E-state index in [4.69, 9.17) is 4.74 Å². The molecule has 7 nitrogen and oxygen atoms in total. The minimum absolute atomic E-state index is 0.166. The van der Waals surface area contributed by atoms with E-state index in [-0.39, 0.29) is 18.3 Å². The first-order chi connectivity index (χ1) is 13.5. The number of hydrogen-bond acceptors (Lipinski definition) is 9. The van der Waals surface area contributed by atoms with Crippen LogP contribution < -0.4 is 10.6 Å². The number of carbonyl (C=O) groups is 2. The fraction of sp³-hybridized carbons (Fsp3) is 0.222. The predicted molar refractivity (Wildman–Crippen MR) is 114 cm³/mol. The van der Waals surface area contributed by atoms with Crippen LogP contribution in [0, 0.1) is 6.92 Å². The summed E-state index contributed by atoms with van der Waals surface area (Å²) in [5.41, 5.74) is 2.46. The fourth-order valence-corrected chi connectivity index (χ4v) is 4.59. The number of esters is 1. The second-order valence-corrected chi connectivity index (χ2v) is 8.70. The molecule has 10 heteroatoms. The van der Waals surface area contributed by atoms with E-state index in [0.29, 0.717) is 20.0 Å². The predicted octanol–water partition coefficient (Wildman–Crippen LogP) is 4.56. The van der Waals surface area contributed by atoms with Crippen molar-refractivity contribution in [3.63, 3.8) is 0 Å². The summed E-state index contributed by atoms with van der Waals surface area (Å²) in [5.74, 6) is -0.497. The van der Waals surface area contributed by atoms with Gasteiger partial charge in [0.05, 0.1) is 17.9 Å². The van der Waals surface area contributed by atoms with Crippen LogP contribution in [-0.4, -0.2) is 34.4 Å². The molecular weight excluding hydrogens is 416 g/mol. The van der Waals surface area contributed by atoms with E-state index < -0.39 is 5.97 Å². The van der Waals surface area contributed by atoms with E-state index in [0.717, 1.165) is 11.3 Å². The molecule has 0 saturated heterocycles. The Morgan fingerprint density at radius 3 is 2.89 bits per heavy atom. The lowest BCUT2D eigenvalue weighted by atomic mass is 10.2. The first kappa shape index (κ1) is 20.3. The molecule has 0 atom stereocenters. The van der Waals surface area contributed by atoms with Crippen LogP contribution in [0.1, 0.15) is 22.8 Å². The molecule has 2 N–H and O–H groups in total. The Morgan fingerprint density at radius 2 is 2.11 bits per heavy atom. The van der Waals surface area contributed by atoms with Crippen LogP contribution in [0.3, 0.4) is 0 Å². The number of aromatic nitrogens is 2. The summed E-state index contributed by atoms with van der Waals surface area (Å²) < 4.78 is 5.67. The van der Waals surface area contributed by atoms with Gasteiger partial charge in [-0.05, 0) is 43.0 Å². The van der Waals surface area contributed by atoms with Gasteiger partial charge in [-0.3, -0.25) is 4.79 Å². The molecule has 28 heavy (non-hydrogen) atoms. The topological polar surface area (TPSA) is 93.2 Å². The Hall–Kier alpha value is -2.43. The summed E-state index contributed by atoms with van der Waals surface area (Å²) in [6.07, 6.45) is 0. The molecule has 3 rings (SSSR count). The van der Waals surface area contributed by atoms with Crippen LogP contribution in [0.4, 0.5) is 15.8 Å². The minimum Gasteiger partial charge on any atom is -0.462 e. The Kier molecular flexibility index (Phi) is 7.01. The number of nitrogens with one attached hydrogen (secondary N) is 2. The van der Waals surface area contributed by atoms with Gasteiger partial charge in [-0.2, -0.15) is 0 Å². The van der Waals surface area contributed by atoms with Gasteiger partial charge in [0.15, 0.2) is 4.34 Å². The lowest BCUT2D eigenvalue weighted by molar-refractivity contribution is -0.113. The number of benzene rings is 1. The average Bonchev–Trinajstić information content (AvgIpc) is 3.30. The van der Waals surface area contributed by atoms with Gasteiger partial charge in [-0.1, -0.05) is 35.2 Å². The highest BCUT2D eigenvalue weighted by atomic mass is 32.2. The highest BCUT2D eigenvalue weighted by Gasteiger charge is 2.16. The van der Waals surface area contributed by atoms with Crippen LogP contribution in [0.25, 0.3) is 0 Å². The third kappa shape index (κ3) is 5.54. The highest BCUT2D eigenvalue weighted by Crippen LogP contribution is 2.29. The highest BCUT2D eigenvalue weighted by molar-refractivity contribution is 8.01. The van der Waals surface area contributed by atoms with E-state index in [1.807, 2.05) is 31.2 Å². The first-order valence-electron chi connectivity index (χ1n) is 8.39. The summed E-state index contributed by atoms with van der Waals surface area (Å²) in [4.78, 5) is 24.1. The lowest BCUT2D eigenvalue weighted by Gasteiger charge is -2.05. The van der Waals surface area contributed by atoms with Gasteiger partial charge >= 0.3 is 5.97 Å². The maximum absolute atomic E-state index is 12.2. The number of anilines is 3. The van der Waals surface area contributed by atoms with Crippen molar-refractivity contribution >= 4 is 62.1 Å². The van der Waals surface area contributed by atoms with Crippen molar-refractivity contribution in [3.05, 3.63) is 46.8 Å². The molecule has 2 heterocycles. The third-order valence-corrected chi connectivity index (χ3v) is 6.22. The van der Waals surface area contributed by atoms with E-state index in [1.165, 1.54) is 34.4 Å². The second kappa shape index (κ2) is 9.67. The zero-order valence-corrected chi connectivity index (χ0v) is 17.7. The van der Waals surface area contributed by atoms with Gasteiger partial charge in [0, 0.05) is 5.69 Å². The molecule has 1 amide bonds. The Morgan fingerprint density at radius 1 is 1.25 bits per heavy atom. The van der Waals surface area contributed by atoms with E-state index in [1.54, 1.807) is 18.4 Å². The van der Waals surface area contributed by atoms with Gasteiger partial charge in [-0.15, -0.1) is 21.5 Å². The normalized spacial score (nSPS) is 10.5. The number of ether oxygens (including phenoxy) is 1. The molecule has 0 saturated carbocycles. The van der Waals surface area contributed by atoms with Crippen molar-refractivity contribution in [3.8, 4) is 0 Å². The molecule has 146 valence electrons. The zero-order chi connectivity index (χ0) is 19.9. The second-order valence-electron chi connectivity index (χ2n) is 5.59. The smallest absolute Gasteiger partial charge is 0.341 e. The average molecular weight is 435 g/mol. The van der Waals surface area contributed by atoms with Crippen molar-refractivity contribution in [2.75, 3.05) is 23.0 Å². The minimum atomic E-state index is -0.442. The Balaban J connectivity index is 1.52. The number of hydrogen-bond donors (Lipinski definition) is 2. The van der Waals surface area contributed by atoms with E-state index >= 15 is 0 Å². The van der Waals surface area contributed by atoms with Crippen molar-refractivity contribution < 1.29 is 14.3 Å². The van der Waals surface area contributed by atoms with Crippen LogP contribution in [0.5, 0.6) is 0 Å². The molecule has 0 radical (unpaired) electrons. The largest absolute Gasteiger partial charge is 0.462 e. The molecule has 2 aromatic heterocycles. The van der Waals surface area contributed by atoms with Gasteiger partial charge in [0.1, 0.15) is 5.00 Å². The summed E-state index contributed by atoms with van der Waals surface area (Å²) >= 11 is 3.95. The summed E-state index contributed by atoms with van der Waals surface area (Å²) in [5, 5.41) is 17.0. The molecular formula is C18H18N4O3S3. The summed E-state index contributed by atoms with van der Waals surface area (Å²) in [7, 11) is 0. The lowest BCUT2D eigenvalue weighted by Crippen LogP contribution is -2.15. The molecule has 0 fully saturated rings. The summed E-state index contributed by atoms with van der Waals surface area (Å²) in [6.45, 7) is 4.04. The quantitative estimate of drug-likeness (QED) is 0.396. The SMILES string of the molecule is CCOC(=O)c1ccsc1NC(=O)CSc1nnc(Nc2cccc(C)c2)s1. The maximum atomic E-state index is 12.2. The fourth-order valence-electron chi connectivity index (χ4n) is 2.23. The number of amides is 1. The Labute approximate surface area is 174 Å². The number of aryl methyl sites for hydroxylation is 1. The van der Waals surface area contributed by atoms with Gasteiger partial charge < -0.3 is 15.4 Å². The monoisotopic (exact) mass is 434 g/mol. The number of thiophene rings is 1. The van der Waals surface area contributed by atoms with Crippen molar-refractivity contribution in [1.82, 2.24) is 10.2 Å². The first-order valence-corrected chi connectivity index (χ1v) is 11.1. The molecule has 0 spiro atoms. The molecule has 0 bridgehead atoms. The van der Waals surface area contributed by atoms with Crippen LogP contribution in [0.2, 0.25) is 0 Å². The molecule has 0 aliphatic heterocycles. The molecule has 0 aliphatic rings. The van der Waals surface area contributed by atoms with Crippen molar-refractivity contribution in [2.24, 2.45) is 0 Å². The van der Waals surface area contributed by atoms with Crippen LogP contribution >= 0.6 is 34.4 Å². The van der Waals surface area contributed by atoms with Gasteiger partial charge in [-0.25, -0.2) is 4.79 Å². The Bertz CT molecular complexity index is 970. The molecule has 3 aromatic rings. The zero-order valence-electron chi connectivity index (χ0n) is 15.2. The van der Waals surface area contributed by atoms with Gasteiger partial charge in [0.2, 0.25) is 11.0 Å². The van der Waals surface area contributed by atoms with Crippen molar-refractivity contribution in [2.45, 2.75) is 18.2 Å². The van der Waals surface area contributed by atoms with E-state index in [9.17, 15) is 9.59 Å². The molecule has 1 aromatic carbocycles. The maximum Gasteiger partial charge on any atom is 0.341 e. The van der Waals surface area contributed by atoms with E-state index in [2.05, 4.69) is 20.8 Å². The van der Waals surface area contributed by atoms with Crippen LogP contribution in [-0.2, 0) is 9.53 Å². The number of nitrogens with zero attached hydrogens (tertiary/aromatic N) is 2. The van der Waals surface area contributed by atoms with Gasteiger partial charge in [0.25, 0.3) is 0 Å². The summed E-state index contributed by atoms with van der Waals surface area (Å²) in [6, 6.07) is 9.60. The van der Waals surface area contributed by atoms with Crippen LogP contribution in [0.15, 0.2) is 40.1 Å².